The molecule has 0 amide bonds. The molecule has 2 fully saturated rings. The van der Waals surface area contributed by atoms with Crippen LogP contribution in [0.5, 0.6) is 0 Å². The summed E-state index contributed by atoms with van der Waals surface area (Å²) in [5.41, 5.74) is 3.72. The molecule has 2 aliphatic carbocycles. The summed E-state index contributed by atoms with van der Waals surface area (Å²) in [4.78, 5) is 0. The second-order valence-electron chi connectivity index (χ2n) is 10.5. The average molecular weight is 563 g/mol. The third-order valence-electron chi connectivity index (χ3n) is 8.20. The van der Waals surface area contributed by atoms with Gasteiger partial charge in [0, 0.05) is 0 Å². The SMILES string of the molecule is CC(C)C1CC2C(c3cccc4ccccc34)=CC=CC2C1[Si](C)(C)N1C[N-]C[N-]C1.[CH3-].[Cl][Ti+4][Cl]. The molecule has 0 spiro atoms. The second-order valence-corrected chi connectivity index (χ2v) is 17.7. The Morgan fingerprint density at radius 3 is 2.37 bits per heavy atom. The maximum absolute atomic E-state index is 4.89. The Morgan fingerprint density at radius 1 is 1.03 bits per heavy atom. The third kappa shape index (κ3) is 6.02. The summed E-state index contributed by atoms with van der Waals surface area (Å²) in [6, 6.07) is 15.7. The van der Waals surface area contributed by atoms with Crippen molar-refractivity contribution in [2.45, 2.75) is 38.9 Å². The fourth-order valence-corrected chi connectivity index (χ4v) is 10.8. The Morgan fingerprint density at radius 2 is 1.69 bits per heavy atom. The molecule has 7 heteroatoms. The molecular formula is C28H38Cl2N3SiTi+. The number of hydrogen-bond acceptors (Lipinski definition) is 1. The fraction of sp³-hybridized carbons (Fsp3) is 0.464. The van der Waals surface area contributed by atoms with Gasteiger partial charge in [0.05, 0.1) is 0 Å². The van der Waals surface area contributed by atoms with Crippen molar-refractivity contribution in [3.8, 4) is 0 Å². The average Bonchev–Trinajstić information content (AvgIpc) is 3.26. The predicted octanol–water partition coefficient (Wildman–Crippen LogP) is 9.04. The van der Waals surface area contributed by atoms with Crippen molar-refractivity contribution in [3.63, 3.8) is 0 Å². The van der Waals surface area contributed by atoms with Crippen molar-refractivity contribution < 1.29 is 17.0 Å². The summed E-state index contributed by atoms with van der Waals surface area (Å²) in [6.07, 6.45) is 8.59. The van der Waals surface area contributed by atoms with Gasteiger partial charge in [-0.1, -0.05) is 87.6 Å². The first kappa shape index (κ1) is 29.1. The van der Waals surface area contributed by atoms with Gasteiger partial charge in [0.25, 0.3) is 0 Å². The van der Waals surface area contributed by atoms with Crippen molar-refractivity contribution in [1.82, 2.24) is 4.57 Å². The molecule has 35 heavy (non-hydrogen) atoms. The Kier molecular flexibility index (Phi) is 10.7. The maximum atomic E-state index is 4.89. The zero-order valence-corrected chi connectivity index (χ0v) is 25.7. The van der Waals surface area contributed by atoms with Crippen LogP contribution in [0.3, 0.4) is 0 Å². The van der Waals surface area contributed by atoms with E-state index in [0.29, 0.717) is 24.4 Å². The Bertz CT molecular complexity index is 1030. The fourth-order valence-electron chi connectivity index (χ4n) is 6.60. The van der Waals surface area contributed by atoms with E-state index in [0.717, 1.165) is 24.8 Å². The normalized spacial score (nSPS) is 26.7. The van der Waals surface area contributed by atoms with Gasteiger partial charge in [0.1, 0.15) is 8.24 Å². The van der Waals surface area contributed by atoms with Crippen LogP contribution in [-0.4, -0.2) is 32.8 Å². The van der Waals surface area contributed by atoms with Gasteiger partial charge in [-0.2, -0.15) is 0 Å². The van der Waals surface area contributed by atoms with Gasteiger partial charge in [-0.25, -0.2) is 0 Å². The predicted molar refractivity (Wildman–Crippen MR) is 153 cm³/mol. The first-order valence-electron chi connectivity index (χ1n) is 12.2. The van der Waals surface area contributed by atoms with Crippen LogP contribution < -0.4 is 0 Å². The van der Waals surface area contributed by atoms with Gasteiger partial charge in [-0.05, 0) is 57.5 Å². The summed E-state index contributed by atoms with van der Waals surface area (Å²) in [5.74, 6) is 2.68. The first-order chi connectivity index (χ1) is 16.4. The van der Waals surface area contributed by atoms with Crippen LogP contribution in [0.25, 0.3) is 27.0 Å². The molecule has 3 nitrogen and oxygen atoms in total. The van der Waals surface area contributed by atoms with Crippen LogP contribution in [0.4, 0.5) is 0 Å². The molecule has 2 aromatic rings. The summed E-state index contributed by atoms with van der Waals surface area (Å²) >= 11 is -0.556. The van der Waals surface area contributed by atoms with Crippen LogP contribution in [-0.2, 0) is 17.0 Å². The van der Waals surface area contributed by atoms with E-state index in [-0.39, 0.29) is 7.43 Å². The van der Waals surface area contributed by atoms with Gasteiger partial charge in [-0.15, -0.1) is 13.3 Å². The summed E-state index contributed by atoms with van der Waals surface area (Å²) in [6.45, 7) is 12.5. The number of fused-ring (bicyclic) bond motifs is 2. The van der Waals surface area contributed by atoms with E-state index in [1.54, 1.807) is 5.57 Å². The minimum absolute atomic E-state index is 0. The second kappa shape index (κ2) is 12.9. The number of nitrogens with zero attached hydrogens (tertiary/aromatic N) is 3. The number of hydrogen-bond donors (Lipinski definition) is 0. The number of rotatable bonds is 4. The van der Waals surface area contributed by atoms with E-state index in [9.17, 15) is 0 Å². The van der Waals surface area contributed by atoms with Crippen molar-refractivity contribution >= 4 is 43.2 Å². The van der Waals surface area contributed by atoms with Crippen molar-refractivity contribution in [3.05, 3.63) is 84.3 Å². The molecule has 3 aliphatic rings. The van der Waals surface area contributed by atoms with E-state index >= 15 is 0 Å². The van der Waals surface area contributed by atoms with Crippen LogP contribution in [0.2, 0.25) is 18.6 Å². The molecule has 1 heterocycles. The zero-order valence-electron chi connectivity index (χ0n) is 21.6. The Hall–Kier alpha value is -0.429. The molecule has 186 valence electrons. The molecule has 1 saturated heterocycles. The van der Waals surface area contributed by atoms with Crippen LogP contribution in [0.1, 0.15) is 25.8 Å². The molecule has 1 aliphatic heterocycles. The molecule has 0 radical (unpaired) electrons. The van der Waals surface area contributed by atoms with Crippen molar-refractivity contribution in [1.29, 1.82) is 0 Å². The minimum atomic E-state index is -1.72. The quantitative estimate of drug-likeness (QED) is 0.270. The molecule has 0 N–H and O–H groups in total. The molecule has 2 aromatic carbocycles. The van der Waals surface area contributed by atoms with Gasteiger partial charge in [0.15, 0.2) is 0 Å². The number of allylic oxidation sites excluding steroid dienone is 4. The molecule has 5 rings (SSSR count). The molecular weight excluding hydrogens is 525 g/mol. The summed E-state index contributed by atoms with van der Waals surface area (Å²) < 4.78 is 2.64. The third-order valence-corrected chi connectivity index (χ3v) is 12.6. The monoisotopic (exact) mass is 562 g/mol. The van der Waals surface area contributed by atoms with E-state index in [1.807, 2.05) is 0 Å². The van der Waals surface area contributed by atoms with Crippen molar-refractivity contribution in [2.24, 2.45) is 23.7 Å². The Labute approximate surface area is 230 Å². The molecule has 0 aromatic heterocycles. The van der Waals surface area contributed by atoms with E-state index < -0.39 is 25.3 Å². The number of benzene rings is 2. The standard InChI is InChI=1S/C27H35N3Si.CH3.2ClH.Ti/c1-19(2)25-15-26-23(22-12-7-10-20-9-5-6-11-21(20)22)13-8-14-24(26)27(25)31(3,4)30-17-28-16-29-18-30;;;;/h5-14,19,24-27H,15-18H2,1-4H3;1H3;2*1H;/q-2;-1;;;+6/p-2. The van der Waals surface area contributed by atoms with Crippen LogP contribution >= 0.6 is 18.6 Å². The molecule has 1 saturated carbocycles. The molecule has 4 atom stereocenters. The zero-order chi connectivity index (χ0) is 24.3. The van der Waals surface area contributed by atoms with Gasteiger partial charge in [0.2, 0.25) is 0 Å². The first-order valence-corrected chi connectivity index (χ1v) is 19.6. The van der Waals surface area contributed by atoms with E-state index in [1.165, 1.54) is 22.8 Å². The topological polar surface area (TPSA) is 31.4 Å². The van der Waals surface area contributed by atoms with Gasteiger partial charge in [-0.3, -0.25) is 6.67 Å². The van der Waals surface area contributed by atoms with Crippen LogP contribution in [0.15, 0.2) is 60.7 Å². The Balaban J connectivity index is 0.000000815. The van der Waals surface area contributed by atoms with Crippen molar-refractivity contribution in [2.75, 3.05) is 20.0 Å². The van der Waals surface area contributed by atoms with E-state index in [4.69, 9.17) is 18.6 Å². The molecule has 0 bridgehead atoms. The summed E-state index contributed by atoms with van der Waals surface area (Å²) in [7, 11) is 8.06. The van der Waals surface area contributed by atoms with Gasteiger partial charge >= 0.3 is 35.6 Å². The van der Waals surface area contributed by atoms with E-state index in [2.05, 4.69) is 103 Å². The molecule has 4 unspecified atom stereocenters. The van der Waals surface area contributed by atoms with Crippen LogP contribution in [0, 0.1) is 31.1 Å². The summed E-state index contributed by atoms with van der Waals surface area (Å²) in [5, 5.41) is 12.0. The number of halogens is 2. The van der Waals surface area contributed by atoms with Gasteiger partial charge < -0.3 is 22.6 Å².